The Bertz CT molecular complexity index is 704. The molecule has 0 saturated heterocycles. The molecule has 1 aliphatic rings. The third kappa shape index (κ3) is 2.09. The van der Waals surface area contributed by atoms with Gasteiger partial charge in [0.05, 0.1) is 11.1 Å². The van der Waals surface area contributed by atoms with Crippen molar-refractivity contribution in [2.75, 3.05) is 6.54 Å². The molecule has 3 heteroatoms. The molecule has 1 heterocycles. The summed E-state index contributed by atoms with van der Waals surface area (Å²) in [6.45, 7) is 6.18. The van der Waals surface area contributed by atoms with Crippen LogP contribution in [0.25, 0.3) is 10.9 Å². The van der Waals surface area contributed by atoms with Gasteiger partial charge < -0.3 is 5.32 Å². The second kappa shape index (κ2) is 5.08. The van der Waals surface area contributed by atoms with Crippen molar-refractivity contribution in [1.29, 1.82) is 0 Å². The smallest absolute Gasteiger partial charge is 0.252 e. The normalized spacial score (nSPS) is 13.2. The maximum Gasteiger partial charge on any atom is 0.252 e. The average Bonchev–Trinajstić information content (AvgIpc) is 2.90. The van der Waals surface area contributed by atoms with E-state index in [1.54, 1.807) is 6.08 Å². The molecule has 1 N–H and O–H groups in total. The highest BCUT2D eigenvalue weighted by molar-refractivity contribution is 6.08. The largest absolute Gasteiger partial charge is 0.349 e. The van der Waals surface area contributed by atoms with Gasteiger partial charge in [-0.05, 0) is 43.9 Å². The minimum absolute atomic E-state index is 0.0129. The number of nitrogens with one attached hydrogen (secondary N) is 1. The van der Waals surface area contributed by atoms with E-state index in [9.17, 15) is 4.79 Å². The highest BCUT2D eigenvalue weighted by Crippen LogP contribution is 2.30. The number of fused-ring (bicyclic) bond motifs is 2. The predicted molar refractivity (Wildman–Crippen MR) is 81.0 cm³/mol. The summed E-state index contributed by atoms with van der Waals surface area (Å²) >= 11 is 0. The summed E-state index contributed by atoms with van der Waals surface area (Å²) in [6.07, 6.45) is 4.70. The number of amides is 1. The first-order chi connectivity index (χ1) is 9.70. The van der Waals surface area contributed by atoms with Crippen molar-refractivity contribution < 1.29 is 4.79 Å². The molecule has 1 amide bonds. The number of carbonyl (C=O) groups is 1. The summed E-state index contributed by atoms with van der Waals surface area (Å²) in [5, 5.41) is 3.87. The molecule has 0 saturated carbocycles. The summed E-state index contributed by atoms with van der Waals surface area (Å²) in [7, 11) is 0. The van der Waals surface area contributed by atoms with Crippen LogP contribution in [0.2, 0.25) is 0 Å². The third-order valence-electron chi connectivity index (χ3n) is 3.80. The van der Waals surface area contributed by atoms with Crippen LogP contribution < -0.4 is 5.32 Å². The fourth-order valence-corrected chi connectivity index (χ4v) is 2.89. The number of hydrogen-bond acceptors (Lipinski definition) is 2. The Morgan fingerprint density at radius 1 is 1.45 bits per heavy atom. The van der Waals surface area contributed by atoms with Crippen LogP contribution in [0, 0.1) is 6.92 Å². The van der Waals surface area contributed by atoms with Gasteiger partial charge >= 0.3 is 0 Å². The summed E-state index contributed by atoms with van der Waals surface area (Å²) < 4.78 is 0. The van der Waals surface area contributed by atoms with Crippen LogP contribution in [0.15, 0.2) is 30.9 Å². The first kappa shape index (κ1) is 12.9. The van der Waals surface area contributed by atoms with Crippen molar-refractivity contribution >= 4 is 16.8 Å². The Hall–Kier alpha value is -2.16. The molecular weight excluding hydrogens is 248 g/mol. The number of nitrogens with zero attached hydrogens (tertiary/aromatic N) is 1. The van der Waals surface area contributed by atoms with E-state index in [0.29, 0.717) is 6.54 Å². The first-order valence-electron chi connectivity index (χ1n) is 7.02. The molecule has 0 unspecified atom stereocenters. The van der Waals surface area contributed by atoms with Crippen molar-refractivity contribution in [3.8, 4) is 0 Å². The van der Waals surface area contributed by atoms with Gasteiger partial charge in [-0.3, -0.25) is 9.78 Å². The molecule has 1 aromatic heterocycles. The van der Waals surface area contributed by atoms with Crippen molar-refractivity contribution in [2.45, 2.75) is 26.2 Å². The molecule has 0 fully saturated rings. The maximum atomic E-state index is 12.5. The van der Waals surface area contributed by atoms with Gasteiger partial charge in [-0.25, -0.2) is 0 Å². The van der Waals surface area contributed by atoms with E-state index in [1.165, 1.54) is 0 Å². The Kier molecular flexibility index (Phi) is 3.26. The fraction of sp³-hybridized carbons (Fsp3) is 0.294. The fourth-order valence-electron chi connectivity index (χ4n) is 2.89. The third-order valence-corrected chi connectivity index (χ3v) is 3.80. The highest BCUT2D eigenvalue weighted by atomic mass is 16.1. The number of carbonyl (C=O) groups excluding carboxylic acids is 1. The molecule has 0 radical (unpaired) electrons. The van der Waals surface area contributed by atoms with Crippen LogP contribution in [0.5, 0.6) is 0 Å². The van der Waals surface area contributed by atoms with Gasteiger partial charge in [0.25, 0.3) is 5.91 Å². The SMILES string of the molecule is C=CCNC(=O)c1c2c(nc3ccc(C)cc13)CCC2. The van der Waals surface area contributed by atoms with Crippen LogP contribution in [0.4, 0.5) is 0 Å². The molecule has 1 aliphatic carbocycles. The van der Waals surface area contributed by atoms with E-state index >= 15 is 0 Å². The van der Waals surface area contributed by atoms with Crippen molar-refractivity contribution in [1.82, 2.24) is 10.3 Å². The van der Waals surface area contributed by atoms with Crippen molar-refractivity contribution in [2.24, 2.45) is 0 Å². The number of rotatable bonds is 3. The van der Waals surface area contributed by atoms with Crippen molar-refractivity contribution in [3.05, 3.63) is 53.2 Å². The van der Waals surface area contributed by atoms with Crippen LogP contribution >= 0.6 is 0 Å². The van der Waals surface area contributed by atoms with Crippen LogP contribution in [0.1, 0.15) is 33.6 Å². The number of aryl methyl sites for hydroxylation is 2. The highest BCUT2D eigenvalue weighted by Gasteiger charge is 2.23. The summed E-state index contributed by atoms with van der Waals surface area (Å²) in [5.41, 5.74) is 5.10. The van der Waals surface area contributed by atoms with Gasteiger partial charge in [0, 0.05) is 17.6 Å². The van der Waals surface area contributed by atoms with Gasteiger partial charge in [0.2, 0.25) is 0 Å². The van der Waals surface area contributed by atoms with Gasteiger partial charge in [0.1, 0.15) is 0 Å². The zero-order chi connectivity index (χ0) is 14.1. The van der Waals surface area contributed by atoms with E-state index in [2.05, 4.69) is 18.0 Å². The van der Waals surface area contributed by atoms with E-state index in [1.807, 2.05) is 19.1 Å². The van der Waals surface area contributed by atoms with Crippen molar-refractivity contribution in [3.63, 3.8) is 0 Å². The molecule has 102 valence electrons. The number of aromatic nitrogens is 1. The lowest BCUT2D eigenvalue weighted by molar-refractivity contribution is 0.0958. The standard InChI is InChI=1S/C17H18N2O/c1-3-9-18-17(20)16-12-5-4-6-14(12)19-15-8-7-11(2)10-13(15)16/h3,7-8,10H,1,4-6,9H2,2H3,(H,18,20). The molecule has 3 nitrogen and oxygen atoms in total. The Balaban J connectivity index is 2.23. The zero-order valence-corrected chi connectivity index (χ0v) is 11.7. The summed E-state index contributed by atoms with van der Waals surface area (Å²) in [5.74, 6) is -0.0129. The number of pyridine rings is 1. The molecule has 0 bridgehead atoms. The van der Waals surface area contributed by atoms with Gasteiger partial charge in [0.15, 0.2) is 0 Å². The van der Waals surface area contributed by atoms with Gasteiger partial charge in [-0.1, -0.05) is 17.7 Å². The lowest BCUT2D eigenvalue weighted by Crippen LogP contribution is -2.25. The van der Waals surface area contributed by atoms with Gasteiger partial charge in [-0.2, -0.15) is 0 Å². The van der Waals surface area contributed by atoms with Crippen LogP contribution in [-0.4, -0.2) is 17.4 Å². The molecule has 20 heavy (non-hydrogen) atoms. The Morgan fingerprint density at radius 2 is 2.30 bits per heavy atom. The predicted octanol–water partition coefficient (Wildman–Crippen LogP) is 2.95. The van der Waals surface area contributed by atoms with Crippen LogP contribution in [-0.2, 0) is 12.8 Å². The first-order valence-corrected chi connectivity index (χ1v) is 7.02. The quantitative estimate of drug-likeness (QED) is 0.868. The maximum absolute atomic E-state index is 12.5. The minimum atomic E-state index is -0.0129. The molecule has 0 aliphatic heterocycles. The number of hydrogen-bond donors (Lipinski definition) is 1. The van der Waals surface area contributed by atoms with E-state index in [0.717, 1.165) is 52.5 Å². The minimum Gasteiger partial charge on any atom is -0.349 e. The van der Waals surface area contributed by atoms with E-state index < -0.39 is 0 Å². The molecule has 0 atom stereocenters. The Morgan fingerprint density at radius 3 is 3.10 bits per heavy atom. The average molecular weight is 266 g/mol. The lowest BCUT2D eigenvalue weighted by Gasteiger charge is -2.12. The molecule has 2 aromatic rings. The topological polar surface area (TPSA) is 42.0 Å². The summed E-state index contributed by atoms with van der Waals surface area (Å²) in [6, 6.07) is 6.11. The second-order valence-electron chi connectivity index (χ2n) is 5.28. The number of benzene rings is 1. The van der Waals surface area contributed by atoms with Gasteiger partial charge in [-0.15, -0.1) is 6.58 Å². The summed E-state index contributed by atoms with van der Waals surface area (Å²) in [4.78, 5) is 17.2. The van der Waals surface area contributed by atoms with E-state index in [-0.39, 0.29) is 5.91 Å². The molecule has 0 spiro atoms. The molecular formula is C17H18N2O. The van der Waals surface area contributed by atoms with E-state index in [4.69, 9.17) is 4.98 Å². The van der Waals surface area contributed by atoms with Crippen LogP contribution in [0.3, 0.4) is 0 Å². The molecule has 3 rings (SSSR count). The second-order valence-corrected chi connectivity index (χ2v) is 5.28. The monoisotopic (exact) mass is 266 g/mol. The zero-order valence-electron chi connectivity index (χ0n) is 11.7. The lowest BCUT2D eigenvalue weighted by atomic mass is 9.99. The molecule has 1 aromatic carbocycles. The Labute approximate surface area is 118 Å².